The molecular weight excluding hydrogens is 212 g/mol. The lowest BCUT2D eigenvalue weighted by Crippen LogP contribution is -2.48. The van der Waals surface area contributed by atoms with E-state index >= 15 is 0 Å². The maximum absolute atomic E-state index is 12.2. The minimum absolute atomic E-state index is 0.202. The summed E-state index contributed by atoms with van der Waals surface area (Å²) in [6.45, 7) is 6.53. The van der Waals surface area contributed by atoms with Gasteiger partial charge in [0.1, 0.15) is 0 Å². The van der Waals surface area contributed by atoms with Crippen LogP contribution < -0.4 is 10.6 Å². The van der Waals surface area contributed by atoms with Crippen LogP contribution in [0.4, 0.5) is 0 Å². The summed E-state index contributed by atoms with van der Waals surface area (Å²) in [7, 11) is 0. The van der Waals surface area contributed by atoms with Gasteiger partial charge in [0.25, 0.3) is 0 Å². The third-order valence-electron chi connectivity index (χ3n) is 4.70. The van der Waals surface area contributed by atoms with Crippen LogP contribution >= 0.6 is 0 Å². The molecule has 98 valence electrons. The predicted molar refractivity (Wildman–Crippen MR) is 69.7 cm³/mol. The third kappa shape index (κ3) is 3.21. The molecule has 0 aromatic rings. The Morgan fingerprint density at radius 2 is 2.00 bits per heavy atom. The van der Waals surface area contributed by atoms with Crippen LogP contribution in [0.5, 0.6) is 0 Å². The molecule has 2 aliphatic rings. The van der Waals surface area contributed by atoms with E-state index in [0.717, 1.165) is 38.3 Å². The number of amides is 1. The van der Waals surface area contributed by atoms with Crippen LogP contribution in [0.15, 0.2) is 0 Å². The van der Waals surface area contributed by atoms with Gasteiger partial charge in [0, 0.05) is 12.6 Å². The van der Waals surface area contributed by atoms with Gasteiger partial charge in [-0.3, -0.25) is 4.79 Å². The molecule has 2 fully saturated rings. The van der Waals surface area contributed by atoms with E-state index in [1.54, 1.807) is 0 Å². The Morgan fingerprint density at radius 1 is 1.18 bits per heavy atom. The van der Waals surface area contributed by atoms with Crippen LogP contribution in [-0.4, -0.2) is 25.0 Å². The highest BCUT2D eigenvalue weighted by atomic mass is 16.2. The molecule has 0 aromatic heterocycles. The van der Waals surface area contributed by atoms with E-state index < -0.39 is 0 Å². The van der Waals surface area contributed by atoms with Crippen LogP contribution in [0.25, 0.3) is 0 Å². The second kappa shape index (κ2) is 5.85. The topological polar surface area (TPSA) is 41.1 Å². The summed E-state index contributed by atoms with van der Waals surface area (Å²) in [6, 6.07) is 0.410. The Kier molecular flexibility index (Phi) is 4.43. The van der Waals surface area contributed by atoms with E-state index in [1.165, 1.54) is 12.8 Å². The SMILES string of the molecule is CC1CCCC(NC(=O)[C@@H]2CCCNC2)C1C. The molecule has 0 radical (unpaired) electrons. The first-order valence-corrected chi connectivity index (χ1v) is 7.19. The monoisotopic (exact) mass is 238 g/mol. The molecule has 3 heteroatoms. The zero-order valence-corrected chi connectivity index (χ0v) is 11.2. The molecule has 0 spiro atoms. The van der Waals surface area contributed by atoms with Gasteiger partial charge in [0.15, 0.2) is 0 Å². The van der Waals surface area contributed by atoms with Gasteiger partial charge in [0.2, 0.25) is 5.91 Å². The molecule has 1 heterocycles. The summed E-state index contributed by atoms with van der Waals surface area (Å²) in [5.74, 6) is 1.86. The van der Waals surface area contributed by atoms with Gasteiger partial charge >= 0.3 is 0 Å². The van der Waals surface area contributed by atoms with Gasteiger partial charge in [-0.2, -0.15) is 0 Å². The Labute approximate surface area is 105 Å². The summed E-state index contributed by atoms with van der Waals surface area (Å²) < 4.78 is 0. The highest BCUT2D eigenvalue weighted by Crippen LogP contribution is 2.29. The van der Waals surface area contributed by atoms with Crippen LogP contribution in [0.3, 0.4) is 0 Å². The molecule has 4 atom stereocenters. The van der Waals surface area contributed by atoms with Crippen molar-refractivity contribution in [3.05, 3.63) is 0 Å². The number of piperidine rings is 1. The van der Waals surface area contributed by atoms with Gasteiger partial charge in [-0.25, -0.2) is 0 Å². The molecule has 1 saturated carbocycles. The maximum atomic E-state index is 12.2. The van der Waals surface area contributed by atoms with Gasteiger partial charge < -0.3 is 10.6 Å². The maximum Gasteiger partial charge on any atom is 0.224 e. The first kappa shape index (κ1) is 12.9. The van der Waals surface area contributed by atoms with Crippen molar-refractivity contribution >= 4 is 5.91 Å². The largest absolute Gasteiger partial charge is 0.353 e. The van der Waals surface area contributed by atoms with Crippen molar-refractivity contribution in [1.82, 2.24) is 10.6 Å². The fourth-order valence-electron chi connectivity index (χ4n) is 3.16. The molecule has 2 rings (SSSR count). The van der Waals surface area contributed by atoms with Crippen LogP contribution in [0.1, 0.15) is 46.0 Å². The van der Waals surface area contributed by atoms with Crippen LogP contribution in [0, 0.1) is 17.8 Å². The van der Waals surface area contributed by atoms with E-state index in [1.807, 2.05) is 0 Å². The molecule has 2 N–H and O–H groups in total. The first-order valence-electron chi connectivity index (χ1n) is 7.19. The third-order valence-corrected chi connectivity index (χ3v) is 4.70. The second-order valence-electron chi connectivity index (χ2n) is 5.93. The molecule has 0 aromatic carbocycles. The fourth-order valence-corrected chi connectivity index (χ4v) is 3.16. The first-order chi connectivity index (χ1) is 8.18. The summed E-state index contributed by atoms with van der Waals surface area (Å²) in [5, 5.41) is 6.60. The number of rotatable bonds is 2. The van der Waals surface area contributed by atoms with Crippen molar-refractivity contribution in [3.63, 3.8) is 0 Å². The van der Waals surface area contributed by atoms with E-state index in [0.29, 0.717) is 12.0 Å². The number of hydrogen-bond acceptors (Lipinski definition) is 2. The van der Waals surface area contributed by atoms with Gasteiger partial charge in [0.05, 0.1) is 5.92 Å². The molecular formula is C14H26N2O. The van der Waals surface area contributed by atoms with Crippen molar-refractivity contribution in [2.75, 3.05) is 13.1 Å². The second-order valence-corrected chi connectivity index (χ2v) is 5.93. The lowest BCUT2D eigenvalue weighted by Gasteiger charge is -2.35. The van der Waals surface area contributed by atoms with Gasteiger partial charge in [-0.1, -0.05) is 26.7 Å². The summed E-state index contributed by atoms with van der Waals surface area (Å²) >= 11 is 0. The molecule has 0 bridgehead atoms. The van der Waals surface area contributed by atoms with Crippen LogP contribution in [0.2, 0.25) is 0 Å². The normalized spacial score (nSPS) is 38.7. The quantitative estimate of drug-likeness (QED) is 0.772. The number of hydrogen-bond donors (Lipinski definition) is 2. The van der Waals surface area contributed by atoms with Crippen molar-refractivity contribution in [1.29, 1.82) is 0 Å². The molecule has 1 saturated heterocycles. The molecule has 1 aliphatic carbocycles. The van der Waals surface area contributed by atoms with Gasteiger partial charge in [-0.15, -0.1) is 0 Å². The summed E-state index contributed by atoms with van der Waals surface area (Å²) in [4.78, 5) is 12.2. The Morgan fingerprint density at radius 3 is 2.71 bits per heavy atom. The zero-order valence-electron chi connectivity index (χ0n) is 11.2. The van der Waals surface area contributed by atoms with E-state index in [-0.39, 0.29) is 11.8 Å². The lowest BCUT2D eigenvalue weighted by molar-refractivity contribution is -0.127. The molecule has 3 unspecified atom stereocenters. The predicted octanol–water partition coefficient (Wildman–Crippen LogP) is 1.93. The van der Waals surface area contributed by atoms with Crippen molar-refractivity contribution < 1.29 is 4.79 Å². The number of carbonyl (C=O) groups excluding carboxylic acids is 1. The van der Waals surface area contributed by atoms with Crippen molar-refractivity contribution in [3.8, 4) is 0 Å². The average Bonchev–Trinajstić information content (AvgIpc) is 2.36. The standard InChI is InChI=1S/C14H26N2O/c1-10-5-3-7-13(11(10)2)16-14(17)12-6-4-8-15-9-12/h10-13,15H,3-9H2,1-2H3,(H,16,17)/t10?,11?,12-,13?/m1/s1. The highest BCUT2D eigenvalue weighted by Gasteiger charge is 2.30. The van der Waals surface area contributed by atoms with E-state index in [9.17, 15) is 4.79 Å². The molecule has 17 heavy (non-hydrogen) atoms. The van der Waals surface area contributed by atoms with E-state index in [4.69, 9.17) is 0 Å². The molecule has 3 nitrogen and oxygen atoms in total. The average molecular weight is 238 g/mol. The number of nitrogens with one attached hydrogen (secondary N) is 2. The summed E-state index contributed by atoms with van der Waals surface area (Å²) in [5.41, 5.74) is 0. The molecule has 1 amide bonds. The minimum atomic E-state index is 0.202. The van der Waals surface area contributed by atoms with Crippen LogP contribution in [-0.2, 0) is 4.79 Å². The number of carbonyl (C=O) groups is 1. The summed E-state index contributed by atoms with van der Waals surface area (Å²) in [6.07, 6.45) is 5.93. The Balaban J connectivity index is 1.84. The Hall–Kier alpha value is -0.570. The van der Waals surface area contributed by atoms with Gasteiger partial charge in [-0.05, 0) is 37.6 Å². The molecule has 1 aliphatic heterocycles. The lowest BCUT2D eigenvalue weighted by atomic mass is 9.78. The fraction of sp³-hybridized carbons (Fsp3) is 0.929. The Bertz CT molecular complexity index is 261. The van der Waals surface area contributed by atoms with E-state index in [2.05, 4.69) is 24.5 Å². The zero-order chi connectivity index (χ0) is 12.3. The van der Waals surface area contributed by atoms with Crippen molar-refractivity contribution in [2.45, 2.75) is 52.0 Å². The smallest absolute Gasteiger partial charge is 0.224 e. The minimum Gasteiger partial charge on any atom is -0.353 e. The van der Waals surface area contributed by atoms with Crippen molar-refractivity contribution in [2.24, 2.45) is 17.8 Å². The highest BCUT2D eigenvalue weighted by molar-refractivity contribution is 5.79.